The summed E-state index contributed by atoms with van der Waals surface area (Å²) in [6.07, 6.45) is 0. The minimum atomic E-state index is -3.80. The second-order valence-corrected chi connectivity index (χ2v) is 3.24. The Balaban J connectivity index is 0. The summed E-state index contributed by atoms with van der Waals surface area (Å²) in [6.45, 7) is -0.307. The van der Waals surface area contributed by atoms with E-state index >= 15 is 0 Å². The first kappa shape index (κ1) is 13.9. The largest absolute Gasteiger partial charge is 0.480 e. The normalized spacial score (nSPS) is 9.92. The van der Waals surface area contributed by atoms with Crippen LogP contribution in [0.1, 0.15) is 0 Å². The zero-order valence-electron chi connectivity index (χ0n) is 6.30. The molecule has 0 aliphatic rings. The molecule has 0 aliphatic carbocycles. The highest BCUT2D eigenvalue weighted by atomic mass is 32.2. The van der Waals surface area contributed by atoms with Crippen LogP contribution in [0.25, 0.3) is 0 Å². The first-order valence-corrected chi connectivity index (χ1v) is 4.51. The van der Waals surface area contributed by atoms with E-state index in [4.69, 9.17) is 15.4 Å². The molecule has 0 heterocycles. The molecule has 0 aromatic heterocycles. The smallest absolute Gasteiger partial charge is 0.317 e. The predicted molar refractivity (Wildman–Crippen MR) is 42.2 cm³/mol. The van der Waals surface area contributed by atoms with Gasteiger partial charge in [0.05, 0.1) is 12.3 Å². The number of carboxylic acids is 1. The lowest BCUT2D eigenvalue weighted by Gasteiger charge is -1.86. The van der Waals surface area contributed by atoms with Crippen molar-refractivity contribution in [1.82, 2.24) is 0 Å². The molecule has 6 N–H and O–H groups in total. The molecule has 12 heavy (non-hydrogen) atoms. The number of aliphatic carboxylic acids is 1. The predicted octanol–water partition coefficient (Wildman–Crippen LogP) is -2.14. The van der Waals surface area contributed by atoms with Crippen LogP contribution in [0.15, 0.2) is 0 Å². The van der Waals surface area contributed by atoms with Crippen molar-refractivity contribution in [2.75, 3.05) is 18.8 Å². The summed E-state index contributed by atoms with van der Waals surface area (Å²) in [5.41, 5.74) is 9.35. The molecule has 0 radical (unpaired) electrons. The van der Waals surface area contributed by atoms with E-state index in [0.29, 0.717) is 0 Å². The summed E-state index contributed by atoms with van der Waals surface area (Å²) < 4.78 is 27.3. The standard InChI is InChI=1S/C2H7NO3S.C2H5NO2/c3-1-2-7(4,5)6;3-1-2(4)5/h1-3H2,(H,4,5,6);1,3H2,(H,4,5). The fourth-order valence-electron chi connectivity index (χ4n) is 0.149. The molecule has 0 aromatic carbocycles. The van der Waals surface area contributed by atoms with Gasteiger partial charge in [-0.3, -0.25) is 9.35 Å². The van der Waals surface area contributed by atoms with Crippen molar-refractivity contribution in [1.29, 1.82) is 0 Å². The maximum Gasteiger partial charge on any atom is 0.317 e. The average Bonchev–Trinajstić information content (AvgIpc) is 1.86. The van der Waals surface area contributed by atoms with E-state index in [0.717, 1.165) is 0 Å². The number of nitrogens with two attached hydrogens (primary N) is 2. The van der Waals surface area contributed by atoms with Gasteiger partial charge in [-0.15, -0.1) is 0 Å². The highest BCUT2D eigenvalue weighted by Gasteiger charge is 1.98. The van der Waals surface area contributed by atoms with E-state index < -0.39 is 16.1 Å². The topological polar surface area (TPSA) is 144 Å². The van der Waals surface area contributed by atoms with Gasteiger partial charge >= 0.3 is 5.97 Å². The van der Waals surface area contributed by atoms with Crippen molar-refractivity contribution in [2.24, 2.45) is 11.5 Å². The number of carboxylic acid groups (broad SMARTS) is 1. The molecule has 0 saturated heterocycles. The first-order valence-electron chi connectivity index (χ1n) is 2.90. The third-order valence-corrected chi connectivity index (χ3v) is 1.30. The van der Waals surface area contributed by atoms with E-state index in [2.05, 4.69) is 5.73 Å². The van der Waals surface area contributed by atoms with Crippen LogP contribution < -0.4 is 11.5 Å². The fourth-order valence-corrected chi connectivity index (χ4v) is 0.447. The second kappa shape index (κ2) is 6.98. The van der Waals surface area contributed by atoms with E-state index in [9.17, 15) is 13.2 Å². The van der Waals surface area contributed by atoms with Crippen molar-refractivity contribution < 1.29 is 22.9 Å². The number of rotatable bonds is 3. The van der Waals surface area contributed by atoms with Crippen molar-refractivity contribution in [3.05, 3.63) is 0 Å². The van der Waals surface area contributed by atoms with Crippen LogP contribution >= 0.6 is 0 Å². The van der Waals surface area contributed by atoms with Crippen LogP contribution in [0.2, 0.25) is 0 Å². The molecular formula is C4H12N2O5S. The van der Waals surface area contributed by atoms with Crippen LogP contribution in [0.4, 0.5) is 0 Å². The summed E-state index contributed by atoms with van der Waals surface area (Å²) in [7, 11) is -3.80. The minimum Gasteiger partial charge on any atom is -0.480 e. The summed E-state index contributed by atoms with van der Waals surface area (Å²) in [5.74, 6) is -1.32. The van der Waals surface area contributed by atoms with Crippen molar-refractivity contribution in [2.45, 2.75) is 0 Å². The van der Waals surface area contributed by atoms with Crippen molar-refractivity contribution >= 4 is 16.1 Å². The lowest BCUT2D eigenvalue weighted by Crippen LogP contribution is -2.13. The Morgan fingerprint density at radius 1 is 1.33 bits per heavy atom. The van der Waals surface area contributed by atoms with Gasteiger partial charge in [0, 0.05) is 6.54 Å². The maximum absolute atomic E-state index is 9.71. The van der Waals surface area contributed by atoms with Gasteiger partial charge in [-0.05, 0) is 0 Å². The highest BCUT2D eigenvalue weighted by molar-refractivity contribution is 7.85. The second-order valence-electron chi connectivity index (χ2n) is 1.67. The Hall–Kier alpha value is -0.700. The maximum atomic E-state index is 9.71. The third-order valence-electron chi connectivity index (χ3n) is 0.550. The molecule has 0 unspecified atom stereocenters. The van der Waals surface area contributed by atoms with Gasteiger partial charge in [-0.25, -0.2) is 0 Å². The van der Waals surface area contributed by atoms with Gasteiger partial charge < -0.3 is 16.6 Å². The van der Waals surface area contributed by atoms with Gasteiger partial charge in [0.2, 0.25) is 0 Å². The van der Waals surface area contributed by atoms with Crippen LogP contribution in [0, 0.1) is 0 Å². The van der Waals surface area contributed by atoms with E-state index in [1.165, 1.54) is 0 Å². The molecule has 8 heteroatoms. The summed E-state index contributed by atoms with van der Waals surface area (Å²) in [5, 5.41) is 7.60. The average molecular weight is 200 g/mol. The zero-order valence-corrected chi connectivity index (χ0v) is 7.12. The quantitative estimate of drug-likeness (QED) is 0.380. The van der Waals surface area contributed by atoms with E-state index in [-0.39, 0.29) is 18.8 Å². The van der Waals surface area contributed by atoms with Gasteiger partial charge in [0.15, 0.2) is 0 Å². The molecule has 0 fully saturated rings. The molecule has 0 spiro atoms. The fraction of sp³-hybridized carbons (Fsp3) is 0.750. The van der Waals surface area contributed by atoms with Crippen LogP contribution in [0.3, 0.4) is 0 Å². The molecule has 0 saturated carbocycles. The molecule has 0 amide bonds. The molecule has 0 bridgehead atoms. The van der Waals surface area contributed by atoms with E-state index in [1.54, 1.807) is 0 Å². The van der Waals surface area contributed by atoms with Gasteiger partial charge in [-0.2, -0.15) is 8.42 Å². The molecule has 0 atom stereocenters. The summed E-state index contributed by atoms with van der Waals surface area (Å²) in [4.78, 5) is 9.24. The SMILES string of the molecule is NCC(=O)O.NCCS(=O)(=O)O. The molecular weight excluding hydrogens is 188 g/mol. The van der Waals surface area contributed by atoms with Crippen molar-refractivity contribution in [3.8, 4) is 0 Å². The minimum absolute atomic E-state index is 0.0289. The Bertz CT molecular complexity index is 211. The van der Waals surface area contributed by atoms with Gasteiger partial charge in [-0.1, -0.05) is 0 Å². The van der Waals surface area contributed by atoms with Gasteiger partial charge in [0.25, 0.3) is 10.1 Å². The molecule has 74 valence electrons. The Labute approximate surface area is 70.1 Å². The number of hydrogen-bond donors (Lipinski definition) is 4. The zero-order chi connectivity index (χ0) is 10.2. The summed E-state index contributed by atoms with van der Waals surface area (Å²) in [6, 6.07) is 0. The van der Waals surface area contributed by atoms with Crippen LogP contribution in [-0.2, 0) is 14.9 Å². The first-order chi connectivity index (χ1) is 5.33. The number of carbonyl (C=O) groups is 1. The van der Waals surface area contributed by atoms with Crippen LogP contribution in [0.5, 0.6) is 0 Å². The lowest BCUT2D eigenvalue weighted by atomic mass is 10.7. The van der Waals surface area contributed by atoms with Gasteiger partial charge in [0.1, 0.15) is 0 Å². The Morgan fingerprint density at radius 2 is 1.67 bits per heavy atom. The lowest BCUT2D eigenvalue weighted by molar-refractivity contribution is -0.135. The molecule has 0 rings (SSSR count). The Morgan fingerprint density at radius 3 is 1.67 bits per heavy atom. The monoisotopic (exact) mass is 200 g/mol. The summed E-state index contributed by atoms with van der Waals surface area (Å²) >= 11 is 0. The molecule has 0 aliphatic heterocycles. The molecule has 0 aromatic rings. The van der Waals surface area contributed by atoms with Crippen LogP contribution in [-0.4, -0.2) is 42.9 Å². The molecule has 7 nitrogen and oxygen atoms in total. The highest BCUT2D eigenvalue weighted by Crippen LogP contribution is 1.74. The van der Waals surface area contributed by atoms with Crippen molar-refractivity contribution in [3.63, 3.8) is 0 Å². The van der Waals surface area contributed by atoms with E-state index in [1.807, 2.05) is 0 Å². The third kappa shape index (κ3) is 22.8. The number of hydrogen-bond acceptors (Lipinski definition) is 5. The Kier molecular flexibility index (Phi) is 8.06.